The van der Waals surface area contributed by atoms with Gasteiger partial charge in [0.05, 0.1) is 18.8 Å². The number of fused-ring (bicyclic) bond motifs is 2. The molecule has 2 aliphatic rings. The second kappa shape index (κ2) is 7.37. The van der Waals surface area contributed by atoms with Crippen LogP contribution in [-0.2, 0) is 24.3 Å². The molecular weight excluding hydrogens is 384 g/mol. The average molecular weight is 406 g/mol. The number of nitrogens with zero attached hydrogens (tertiary/aromatic N) is 3. The third-order valence-electron chi connectivity index (χ3n) is 5.67. The number of aromatic nitrogens is 2. The van der Waals surface area contributed by atoms with Crippen molar-refractivity contribution in [1.82, 2.24) is 19.8 Å². The molecule has 0 saturated carbocycles. The number of imidazole rings is 1. The van der Waals surface area contributed by atoms with Crippen LogP contribution in [0.1, 0.15) is 40.6 Å². The van der Waals surface area contributed by atoms with Crippen LogP contribution in [0.15, 0.2) is 53.3 Å². The number of hydrogen-bond donors (Lipinski definition) is 1. The SMILES string of the molecule is CC1c2nc(C(=O)NCc3ccco3)cn2CCN1C(=O)C1Cc2ccccc2O1. The lowest BCUT2D eigenvalue weighted by molar-refractivity contribution is -0.141. The van der Waals surface area contributed by atoms with Crippen LogP contribution in [0, 0.1) is 0 Å². The zero-order valence-corrected chi connectivity index (χ0v) is 16.6. The molecule has 0 saturated heterocycles. The molecule has 4 heterocycles. The van der Waals surface area contributed by atoms with E-state index in [0.717, 1.165) is 11.3 Å². The van der Waals surface area contributed by atoms with Gasteiger partial charge in [-0.3, -0.25) is 9.59 Å². The van der Waals surface area contributed by atoms with E-state index in [-0.39, 0.29) is 17.9 Å². The summed E-state index contributed by atoms with van der Waals surface area (Å²) in [6.45, 7) is 3.37. The van der Waals surface area contributed by atoms with Crippen LogP contribution >= 0.6 is 0 Å². The molecule has 154 valence electrons. The monoisotopic (exact) mass is 406 g/mol. The van der Waals surface area contributed by atoms with E-state index in [1.54, 1.807) is 29.5 Å². The van der Waals surface area contributed by atoms with E-state index in [1.165, 1.54) is 0 Å². The Labute approximate surface area is 173 Å². The van der Waals surface area contributed by atoms with Gasteiger partial charge in [-0.2, -0.15) is 0 Å². The van der Waals surface area contributed by atoms with E-state index in [9.17, 15) is 9.59 Å². The summed E-state index contributed by atoms with van der Waals surface area (Å²) >= 11 is 0. The quantitative estimate of drug-likeness (QED) is 0.718. The third-order valence-corrected chi connectivity index (χ3v) is 5.67. The standard InChI is InChI=1S/C22H22N4O4/c1-14-20-24-17(21(27)23-12-16-6-4-10-29-16)13-25(20)8-9-26(14)22(28)19-11-15-5-2-3-7-18(15)30-19/h2-7,10,13-14,19H,8-9,11-12H2,1H3,(H,23,27). The van der Waals surface area contributed by atoms with Crippen LogP contribution in [0.4, 0.5) is 0 Å². The molecule has 0 bridgehead atoms. The number of nitrogens with one attached hydrogen (secondary N) is 1. The largest absolute Gasteiger partial charge is 0.480 e. The zero-order valence-electron chi connectivity index (χ0n) is 16.6. The molecule has 3 aromatic rings. The van der Waals surface area contributed by atoms with Gasteiger partial charge in [-0.1, -0.05) is 18.2 Å². The van der Waals surface area contributed by atoms with Crippen molar-refractivity contribution in [2.45, 2.75) is 38.6 Å². The highest BCUT2D eigenvalue weighted by atomic mass is 16.5. The second-order valence-corrected chi connectivity index (χ2v) is 7.57. The lowest BCUT2D eigenvalue weighted by atomic mass is 10.1. The van der Waals surface area contributed by atoms with E-state index >= 15 is 0 Å². The molecule has 2 aromatic heterocycles. The van der Waals surface area contributed by atoms with Crippen molar-refractivity contribution < 1.29 is 18.7 Å². The normalized spacial score (nSPS) is 19.7. The molecule has 0 aliphatic carbocycles. The van der Waals surface area contributed by atoms with E-state index < -0.39 is 6.10 Å². The van der Waals surface area contributed by atoms with Crippen LogP contribution in [0.3, 0.4) is 0 Å². The van der Waals surface area contributed by atoms with Crippen LogP contribution in [0.2, 0.25) is 0 Å². The van der Waals surface area contributed by atoms with Gasteiger partial charge in [0.2, 0.25) is 0 Å². The van der Waals surface area contributed by atoms with Gasteiger partial charge in [0.1, 0.15) is 23.0 Å². The van der Waals surface area contributed by atoms with Crippen LogP contribution in [-0.4, -0.2) is 38.9 Å². The predicted molar refractivity (Wildman–Crippen MR) is 107 cm³/mol. The Kier molecular flexibility index (Phi) is 4.54. The summed E-state index contributed by atoms with van der Waals surface area (Å²) in [7, 11) is 0. The maximum atomic E-state index is 13.1. The lowest BCUT2D eigenvalue weighted by Crippen LogP contribution is -2.47. The second-order valence-electron chi connectivity index (χ2n) is 7.57. The number of hydrogen-bond acceptors (Lipinski definition) is 5. The molecule has 2 amide bonds. The Hall–Kier alpha value is -3.55. The number of carbonyl (C=O) groups excluding carboxylic acids is 2. The minimum atomic E-state index is -0.512. The number of para-hydroxylation sites is 1. The molecule has 0 fully saturated rings. The average Bonchev–Trinajstić information content (AvgIpc) is 3.51. The summed E-state index contributed by atoms with van der Waals surface area (Å²) in [4.78, 5) is 31.9. The van der Waals surface area contributed by atoms with Crippen molar-refractivity contribution in [3.05, 3.63) is 71.7 Å². The highest BCUT2D eigenvalue weighted by Gasteiger charge is 2.37. The molecule has 8 heteroatoms. The van der Waals surface area contributed by atoms with E-state index in [0.29, 0.717) is 43.3 Å². The first-order chi connectivity index (χ1) is 14.6. The Balaban J connectivity index is 1.28. The predicted octanol–water partition coefficient (Wildman–Crippen LogP) is 2.31. The van der Waals surface area contributed by atoms with E-state index in [4.69, 9.17) is 9.15 Å². The molecule has 5 rings (SSSR count). The zero-order chi connectivity index (χ0) is 20.7. The number of rotatable bonds is 4. The maximum absolute atomic E-state index is 13.1. The molecule has 1 aromatic carbocycles. The Bertz CT molecular complexity index is 1060. The third kappa shape index (κ3) is 3.24. The van der Waals surface area contributed by atoms with Crippen LogP contribution < -0.4 is 10.1 Å². The van der Waals surface area contributed by atoms with Gasteiger partial charge in [0, 0.05) is 25.7 Å². The summed E-state index contributed by atoms with van der Waals surface area (Å²) in [6, 6.07) is 11.1. The maximum Gasteiger partial charge on any atom is 0.271 e. The molecule has 1 N–H and O–H groups in total. The highest BCUT2D eigenvalue weighted by molar-refractivity contribution is 5.92. The molecule has 2 atom stereocenters. The lowest BCUT2D eigenvalue weighted by Gasteiger charge is -2.35. The summed E-state index contributed by atoms with van der Waals surface area (Å²) in [5.41, 5.74) is 1.39. The molecule has 2 aliphatic heterocycles. The molecule has 0 spiro atoms. The van der Waals surface area contributed by atoms with Crippen LogP contribution in [0.5, 0.6) is 5.75 Å². The minimum Gasteiger partial charge on any atom is -0.480 e. The van der Waals surface area contributed by atoms with Crippen molar-refractivity contribution in [1.29, 1.82) is 0 Å². The van der Waals surface area contributed by atoms with Crippen molar-refractivity contribution >= 4 is 11.8 Å². The number of benzene rings is 1. The number of amides is 2. The van der Waals surface area contributed by atoms with Crippen molar-refractivity contribution in [2.75, 3.05) is 6.54 Å². The fourth-order valence-corrected chi connectivity index (χ4v) is 4.08. The molecule has 0 radical (unpaired) electrons. The smallest absolute Gasteiger partial charge is 0.271 e. The number of carbonyl (C=O) groups is 2. The summed E-state index contributed by atoms with van der Waals surface area (Å²) < 4.78 is 13.1. The Morgan fingerprint density at radius 3 is 2.87 bits per heavy atom. The molecule has 2 unspecified atom stereocenters. The first-order valence-corrected chi connectivity index (χ1v) is 10.0. The fourth-order valence-electron chi connectivity index (χ4n) is 4.08. The minimum absolute atomic E-state index is 0.0447. The molecule has 8 nitrogen and oxygen atoms in total. The van der Waals surface area contributed by atoms with Gasteiger partial charge >= 0.3 is 0 Å². The summed E-state index contributed by atoms with van der Waals surface area (Å²) in [6.07, 6.45) is 3.37. The Morgan fingerprint density at radius 2 is 2.07 bits per heavy atom. The van der Waals surface area contributed by atoms with E-state index in [1.807, 2.05) is 35.8 Å². The van der Waals surface area contributed by atoms with Gasteiger partial charge in [-0.25, -0.2) is 4.98 Å². The van der Waals surface area contributed by atoms with Crippen molar-refractivity contribution in [2.24, 2.45) is 0 Å². The topological polar surface area (TPSA) is 89.6 Å². The first kappa shape index (κ1) is 18.5. The first-order valence-electron chi connectivity index (χ1n) is 10.0. The molecule has 30 heavy (non-hydrogen) atoms. The van der Waals surface area contributed by atoms with E-state index in [2.05, 4.69) is 10.3 Å². The van der Waals surface area contributed by atoms with Gasteiger partial charge < -0.3 is 23.9 Å². The van der Waals surface area contributed by atoms with Gasteiger partial charge in [0.25, 0.3) is 11.8 Å². The van der Waals surface area contributed by atoms with Gasteiger partial charge in [-0.05, 0) is 30.7 Å². The van der Waals surface area contributed by atoms with Crippen LogP contribution in [0.25, 0.3) is 0 Å². The number of furan rings is 1. The number of ether oxygens (including phenoxy) is 1. The molecular formula is C22H22N4O4. The summed E-state index contributed by atoms with van der Waals surface area (Å²) in [5.74, 6) is 1.84. The highest BCUT2D eigenvalue weighted by Crippen LogP contribution is 2.32. The Morgan fingerprint density at radius 1 is 1.20 bits per heavy atom. The fraction of sp³-hybridized carbons (Fsp3) is 0.318. The van der Waals surface area contributed by atoms with Gasteiger partial charge in [0.15, 0.2) is 6.10 Å². The van der Waals surface area contributed by atoms with Gasteiger partial charge in [-0.15, -0.1) is 0 Å². The summed E-state index contributed by atoms with van der Waals surface area (Å²) in [5, 5.41) is 2.81. The van der Waals surface area contributed by atoms with Crippen molar-refractivity contribution in [3.63, 3.8) is 0 Å². The van der Waals surface area contributed by atoms with Crippen molar-refractivity contribution in [3.8, 4) is 5.75 Å².